The minimum absolute atomic E-state index is 0.124. The lowest BCUT2D eigenvalue weighted by molar-refractivity contribution is -0.0493. The lowest BCUT2D eigenvalue weighted by Gasteiger charge is -2.11. The molecule has 25 heavy (non-hydrogen) atoms. The third-order valence-corrected chi connectivity index (χ3v) is 3.49. The summed E-state index contributed by atoms with van der Waals surface area (Å²) in [7, 11) is 0. The maximum absolute atomic E-state index is 12.7. The van der Waals surface area contributed by atoms with Crippen LogP contribution in [0.5, 0.6) is 5.75 Å². The number of halogens is 2. The number of rotatable bonds is 5. The lowest BCUT2D eigenvalue weighted by atomic mass is 10.1. The summed E-state index contributed by atoms with van der Waals surface area (Å²) < 4.78 is 34.6. The second-order valence-electron chi connectivity index (χ2n) is 5.16. The van der Waals surface area contributed by atoms with E-state index in [4.69, 9.17) is 4.52 Å². The number of ether oxygens (including phenoxy) is 1. The topological polar surface area (TPSA) is 64.4 Å². The number of alkyl halides is 2. The zero-order valence-corrected chi connectivity index (χ0v) is 13.2. The van der Waals surface area contributed by atoms with Crippen molar-refractivity contribution >= 4 is 11.6 Å². The van der Waals surface area contributed by atoms with E-state index in [-0.39, 0.29) is 17.0 Å². The van der Waals surface area contributed by atoms with Gasteiger partial charge in [-0.1, -0.05) is 47.6 Å². The number of aryl methyl sites for hydroxylation is 1. The molecule has 0 saturated carbocycles. The van der Waals surface area contributed by atoms with E-state index in [2.05, 4.69) is 15.2 Å². The predicted molar refractivity (Wildman–Crippen MR) is 87.7 cm³/mol. The number of aromatic nitrogens is 1. The van der Waals surface area contributed by atoms with Crippen LogP contribution in [0.2, 0.25) is 0 Å². The van der Waals surface area contributed by atoms with Crippen molar-refractivity contribution in [1.29, 1.82) is 0 Å². The molecular weight excluding hydrogens is 330 g/mol. The monoisotopic (exact) mass is 344 g/mol. The van der Waals surface area contributed by atoms with Crippen LogP contribution in [0, 0.1) is 6.92 Å². The molecule has 0 bridgehead atoms. The molecule has 1 N–H and O–H groups in total. The van der Waals surface area contributed by atoms with E-state index in [1.807, 2.05) is 18.2 Å². The molecule has 0 aliphatic heterocycles. The van der Waals surface area contributed by atoms with Crippen molar-refractivity contribution in [1.82, 2.24) is 5.16 Å². The molecule has 0 unspecified atom stereocenters. The molecule has 128 valence electrons. The summed E-state index contributed by atoms with van der Waals surface area (Å²) >= 11 is 0. The SMILES string of the molecule is Cc1onc(-c2ccccc2)c1C(=O)Nc1ccccc1OC(F)F. The van der Waals surface area contributed by atoms with E-state index in [1.165, 1.54) is 18.2 Å². The molecule has 0 fully saturated rings. The van der Waals surface area contributed by atoms with Crippen LogP contribution in [-0.2, 0) is 0 Å². The number of carbonyl (C=O) groups excluding carboxylic acids is 1. The van der Waals surface area contributed by atoms with Crippen molar-refractivity contribution in [3.63, 3.8) is 0 Å². The van der Waals surface area contributed by atoms with Gasteiger partial charge in [-0.05, 0) is 19.1 Å². The summed E-state index contributed by atoms with van der Waals surface area (Å²) in [4.78, 5) is 12.7. The molecule has 0 radical (unpaired) electrons. The summed E-state index contributed by atoms with van der Waals surface area (Å²) in [5.74, 6) is -0.326. The van der Waals surface area contributed by atoms with Gasteiger partial charge in [0, 0.05) is 5.56 Å². The number of benzene rings is 2. The standard InChI is InChI=1S/C18H14F2N2O3/c1-11-15(16(22-25-11)12-7-3-2-4-8-12)17(23)21-13-9-5-6-10-14(13)24-18(19)20/h2-10,18H,1H3,(H,21,23). The van der Waals surface area contributed by atoms with Crippen molar-refractivity contribution in [3.05, 3.63) is 65.9 Å². The van der Waals surface area contributed by atoms with Crippen molar-refractivity contribution in [2.75, 3.05) is 5.32 Å². The van der Waals surface area contributed by atoms with Gasteiger partial charge in [0.15, 0.2) is 0 Å². The summed E-state index contributed by atoms with van der Waals surface area (Å²) in [6, 6.07) is 15.0. The summed E-state index contributed by atoms with van der Waals surface area (Å²) in [5.41, 5.74) is 1.45. The average Bonchev–Trinajstić information content (AvgIpc) is 2.98. The molecule has 0 aliphatic carbocycles. The molecule has 2 aromatic carbocycles. The Hall–Kier alpha value is -3.22. The quantitative estimate of drug-likeness (QED) is 0.740. The molecule has 1 aromatic heterocycles. The minimum atomic E-state index is -2.99. The fourth-order valence-corrected chi connectivity index (χ4v) is 2.39. The Kier molecular flexibility index (Phi) is 4.74. The Balaban J connectivity index is 1.92. The highest BCUT2D eigenvalue weighted by Crippen LogP contribution is 2.29. The summed E-state index contributed by atoms with van der Waals surface area (Å²) in [6.07, 6.45) is 0. The van der Waals surface area contributed by atoms with Gasteiger partial charge in [-0.25, -0.2) is 0 Å². The maximum Gasteiger partial charge on any atom is 0.387 e. The van der Waals surface area contributed by atoms with Gasteiger partial charge in [0.2, 0.25) is 0 Å². The first-order chi connectivity index (χ1) is 12.1. The smallest absolute Gasteiger partial charge is 0.387 e. The lowest BCUT2D eigenvalue weighted by Crippen LogP contribution is -2.15. The van der Waals surface area contributed by atoms with E-state index in [0.717, 1.165) is 0 Å². The molecule has 7 heteroatoms. The Labute approximate surface area is 142 Å². The number of para-hydroxylation sites is 2. The Bertz CT molecular complexity index is 879. The fraction of sp³-hybridized carbons (Fsp3) is 0.111. The van der Waals surface area contributed by atoms with Crippen molar-refractivity contribution in [3.8, 4) is 17.0 Å². The number of amides is 1. The van der Waals surface area contributed by atoms with E-state index in [9.17, 15) is 13.6 Å². The molecule has 3 rings (SSSR count). The number of nitrogens with zero attached hydrogens (tertiary/aromatic N) is 1. The molecule has 5 nitrogen and oxygen atoms in total. The third-order valence-electron chi connectivity index (χ3n) is 3.49. The van der Waals surface area contributed by atoms with Gasteiger partial charge in [0.25, 0.3) is 5.91 Å². The number of hydrogen-bond donors (Lipinski definition) is 1. The average molecular weight is 344 g/mol. The van der Waals surface area contributed by atoms with Crippen molar-refractivity contribution in [2.45, 2.75) is 13.5 Å². The zero-order chi connectivity index (χ0) is 17.8. The molecule has 0 atom stereocenters. The van der Waals surface area contributed by atoms with Gasteiger partial charge in [-0.2, -0.15) is 8.78 Å². The van der Waals surface area contributed by atoms with E-state index in [1.54, 1.807) is 25.1 Å². The Morgan fingerprint density at radius 1 is 1.12 bits per heavy atom. The largest absolute Gasteiger partial charge is 0.433 e. The van der Waals surface area contributed by atoms with Gasteiger partial charge in [0.1, 0.15) is 22.8 Å². The molecule has 0 aliphatic rings. The van der Waals surface area contributed by atoms with Crippen LogP contribution in [0.25, 0.3) is 11.3 Å². The molecule has 0 saturated heterocycles. The molecule has 0 spiro atoms. The Morgan fingerprint density at radius 2 is 1.80 bits per heavy atom. The van der Waals surface area contributed by atoms with Crippen LogP contribution < -0.4 is 10.1 Å². The van der Waals surface area contributed by atoms with Crippen LogP contribution in [0.15, 0.2) is 59.1 Å². The minimum Gasteiger partial charge on any atom is -0.433 e. The zero-order valence-electron chi connectivity index (χ0n) is 13.2. The molecule has 1 heterocycles. The maximum atomic E-state index is 12.7. The van der Waals surface area contributed by atoms with Crippen molar-refractivity contribution in [2.24, 2.45) is 0 Å². The molecular formula is C18H14F2N2O3. The van der Waals surface area contributed by atoms with Crippen molar-refractivity contribution < 1.29 is 22.8 Å². The van der Waals surface area contributed by atoms with Crippen LogP contribution in [0.4, 0.5) is 14.5 Å². The second kappa shape index (κ2) is 7.12. The number of nitrogens with one attached hydrogen (secondary N) is 1. The highest BCUT2D eigenvalue weighted by molar-refractivity contribution is 6.09. The fourth-order valence-electron chi connectivity index (χ4n) is 2.39. The number of hydrogen-bond acceptors (Lipinski definition) is 4. The normalized spacial score (nSPS) is 10.7. The van der Waals surface area contributed by atoms with Crippen LogP contribution >= 0.6 is 0 Å². The van der Waals surface area contributed by atoms with Gasteiger partial charge >= 0.3 is 6.61 Å². The predicted octanol–water partition coefficient (Wildman–Crippen LogP) is 4.50. The van der Waals surface area contributed by atoms with E-state index >= 15 is 0 Å². The Morgan fingerprint density at radius 3 is 2.52 bits per heavy atom. The highest BCUT2D eigenvalue weighted by Gasteiger charge is 2.22. The molecule has 3 aromatic rings. The van der Waals surface area contributed by atoms with Crippen LogP contribution in [0.1, 0.15) is 16.1 Å². The summed E-state index contributed by atoms with van der Waals surface area (Å²) in [6.45, 7) is -1.38. The van der Waals surface area contributed by atoms with E-state index < -0.39 is 12.5 Å². The van der Waals surface area contributed by atoms with Crippen LogP contribution in [-0.4, -0.2) is 17.7 Å². The van der Waals surface area contributed by atoms with Gasteiger partial charge in [0.05, 0.1) is 5.69 Å². The second-order valence-corrected chi connectivity index (χ2v) is 5.16. The van der Waals surface area contributed by atoms with Crippen LogP contribution in [0.3, 0.4) is 0 Å². The number of anilines is 1. The first-order valence-electron chi connectivity index (χ1n) is 7.43. The number of carbonyl (C=O) groups is 1. The first-order valence-corrected chi connectivity index (χ1v) is 7.43. The van der Waals surface area contributed by atoms with Gasteiger partial charge in [-0.3, -0.25) is 4.79 Å². The summed E-state index contributed by atoms with van der Waals surface area (Å²) in [5, 5.41) is 6.50. The van der Waals surface area contributed by atoms with E-state index in [0.29, 0.717) is 17.0 Å². The van der Waals surface area contributed by atoms with Gasteiger partial charge < -0.3 is 14.6 Å². The van der Waals surface area contributed by atoms with Gasteiger partial charge in [-0.15, -0.1) is 0 Å². The first kappa shape index (κ1) is 16.6. The highest BCUT2D eigenvalue weighted by atomic mass is 19.3. The third kappa shape index (κ3) is 3.65. The molecule has 1 amide bonds.